The van der Waals surface area contributed by atoms with Crippen LogP contribution in [0.3, 0.4) is 0 Å². The van der Waals surface area contributed by atoms with Crippen molar-refractivity contribution in [2.75, 3.05) is 25.6 Å². The molecule has 2 fully saturated rings. The summed E-state index contributed by atoms with van der Waals surface area (Å²) in [6.07, 6.45) is 5.66. The second-order valence-electron chi connectivity index (χ2n) is 8.94. The Morgan fingerprint density at radius 2 is 2.11 bits per heavy atom. The standard InChI is InChI=1S/C20H19F2N7O.C4H8O2/c1-23-16-8-14(12-9-24-17-11(12)4-3-7-28(17)2)26-18-13(10-25-29(16)18)19(30)27-15-5-6-20(15,21)22;5-4-1-2-6-3-4/h3-4,7-10,15,23H,5-6H2,1-2H3,(H,27,30);4-5H,1-3H2. The number of aliphatic hydroxyl groups is 1. The first-order valence-corrected chi connectivity index (χ1v) is 11.7. The van der Waals surface area contributed by atoms with Crippen LogP contribution in [0.1, 0.15) is 29.6 Å². The number of hydrogen-bond acceptors (Lipinski definition) is 7. The van der Waals surface area contributed by atoms with Crippen molar-refractivity contribution in [2.24, 2.45) is 7.05 Å². The number of aliphatic hydroxyl groups excluding tert-OH is 1. The molecule has 1 aliphatic carbocycles. The molecule has 2 aromatic heterocycles. The summed E-state index contributed by atoms with van der Waals surface area (Å²) in [4.78, 5) is 21.8. The minimum absolute atomic E-state index is 0.144. The lowest BCUT2D eigenvalue weighted by molar-refractivity contribution is -0.102. The van der Waals surface area contributed by atoms with Gasteiger partial charge < -0.3 is 25.0 Å². The molecule has 10 nitrogen and oxygen atoms in total. The highest BCUT2D eigenvalue weighted by Gasteiger charge is 2.49. The number of halogens is 2. The lowest BCUT2D eigenvalue weighted by atomic mass is 9.88. The number of pyridine rings is 1. The Morgan fingerprint density at radius 3 is 2.72 bits per heavy atom. The van der Waals surface area contributed by atoms with Gasteiger partial charge in [0.25, 0.3) is 11.8 Å². The Hall–Kier alpha value is -3.64. The van der Waals surface area contributed by atoms with Gasteiger partial charge in [0.2, 0.25) is 0 Å². The van der Waals surface area contributed by atoms with Crippen LogP contribution in [-0.2, 0) is 11.8 Å². The van der Waals surface area contributed by atoms with Gasteiger partial charge in [0, 0.05) is 56.7 Å². The zero-order chi connectivity index (χ0) is 25.4. The number of alkyl halides is 2. The normalized spacial score (nSPS) is 20.6. The molecule has 36 heavy (non-hydrogen) atoms. The van der Waals surface area contributed by atoms with E-state index >= 15 is 0 Å². The largest absolute Gasteiger partial charge is 0.391 e. The summed E-state index contributed by atoms with van der Waals surface area (Å²) in [5.74, 6) is -2.07. The first-order valence-electron chi connectivity index (χ1n) is 11.7. The van der Waals surface area contributed by atoms with Gasteiger partial charge in [-0.3, -0.25) is 4.79 Å². The topological polar surface area (TPSA) is 119 Å². The average Bonchev–Trinajstić information content (AvgIpc) is 3.61. The van der Waals surface area contributed by atoms with Crippen molar-refractivity contribution in [3.05, 3.63) is 42.4 Å². The first kappa shape index (κ1) is 24.1. The van der Waals surface area contributed by atoms with E-state index in [-0.39, 0.29) is 30.2 Å². The number of fused-ring (bicyclic) bond motifs is 2. The molecule has 190 valence electrons. The molecule has 0 aromatic carbocycles. The highest BCUT2D eigenvalue weighted by atomic mass is 19.3. The van der Waals surface area contributed by atoms with E-state index < -0.39 is 17.9 Å². The number of aromatic nitrogens is 5. The summed E-state index contributed by atoms with van der Waals surface area (Å²) < 4.78 is 35.4. The summed E-state index contributed by atoms with van der Waals surface area (Å²) in [6.45, 7) is 1.28. The number of nitrogens with one attached hydrogen (secondary N) is 2. The van der Waals surface area contributed by atoms with Crippen LogP contribution in [0.5, 0.6) is 0 Å². The number of ether oxygens (including phenoxy) is 1. The van der Waals surface area contributed by atoms with Gasteiger partial charge in [-0.1, -0.05) is 0 Å². The van der Waals surface area contributed by atoms with E-state index in [0.29, 0.717) is 18.1 Å². The van der Waals surface area contributed by atoms with E-state index in [9.17, 15) is 13.6 Å². The molecule has 3 aliphatic heterocycles. The molecular weight excluding hydrogens is 472 g/mol. The molecule has 0 radical (unpaired) electrons. The SMILES string of the molecule is CNc1cc(-c2cnc3n(C)cccc2-3)nc2c(C(=O)NC3CCC3(F)F)cnn12.OC1CCOC1. The maximum atomic E-state index is 13.6. The van der Waals surface area contributed by atoms with Crippen molar-refractivity contribution in [1.29, 1.82) is 0 Å². The molecule has 2 unspecified atom stereocenters. The van der Waals surface area contributed by atoms with Crippen molar-refractivity contribution in [1.82, 2.24) is 29.5 Å². The predicted molar refractivity (Wildman–Crippen MR) is 128 cm³/mol. The lowest BCUT2D eigenvalue weighted by Gasteiger charge is -2.36. The Labute approximate surface area is 205 Å². The predicted octanol–water partition coefficient (Wildman–Crippen LogP) is 2.57. The fourth-order valence-corrected chi connectivity index (χ4v) is 4.26. The molecule has 2 atom stereocenters. The highest BCUT2D eigenvalue weighted by Crippen LogP contribution is 2.38. The Morgan fingerprint density at radius 1 is 1.28 bits per heavy atom. The maximum Gasteiger partial charge on any atom is 0.267 e. The molecule has 1 saturated heterocycles. The van der Waals surface area contributed by atoms with Crippen LogP contribution in [0.4, 0.5) is 14.6 Å². The van der Waals surface area contributed by atoms with Crippen molar-refractivity contribution >= 4 is 17.4 Å². The van der Waals surface area contributed by atoms with E-state index in [1.54, 1.807) is 13.2 Å². The zero-order valence-corrected chi connectivity index (χ0v) is 19.9. The Kier molecular flexibility index (Phi) is 6.31. The quantitative estimate of drug-likeness (QED) is 0.395. The molecule has 6 rings (SSSR count). The van der Waals surface area contributed by atoms with Crippen LogP contribution in [0, 0.1) is 0 Å². The van der Waals surface area contributed by atoms with Crippen molar-refractivity contribution in [3.8, 4) is 22.6 Å². The van der Waals surface area contributed by atoms with E-state index in [1.165, 1.54) is 10.7 Å². The van der Waals surface area contributed by atoms with Crippen LogP contribution < -0.4 is 10.6 Å². The van der Waals surface area contributed by atoms with Gasteiger partial charge in [-0.2, -0.15) is 9.61 Å². The molecular formula is C24H27F2N7O3. The summed E-state index contributed by atoms with van der Waals surface area (Å²) >= 11 is 0. The number of amides is 1. The van der Waals surface area contributed by atoms with Crippen LogP contribution in [0.2, 0.25) is 0 Å². The third-order valence-electron chi connectivity index (χ3n) is 6.49. The molecule has 12 heteroatoms. The van der Waals surface area contributed by atoms with E-state index in [0.717, 1.165) is 30.0 Å². The summed E-state index contributed by atoms with van der Waals surface area (Å²) in [5.41, 5.74) is 2.75. The van der Waals surface area contributed by atoms with Crippen molar-refractivity contribution in [2.45, 2.75) is 37.3 Å². The number of anilines is 1. The van der Waals surface area contributed by atoms with E-state index in [1.807, 2.05) is 36.0 Å². The number of rotatable bonds is 4. The van der Waals surface area contributed by atoms with Crippen molar-refractivity contribution < 1.29 is 23.4 Å². The first-order chi connectivity index (χ1) is 17.3. The van der Waals surface area contributed by atoms with E-state index in [2.05, 4.69) is 25.7 Å². The molecule has 5 heterocycles. The molecule has 1 amide bonds. The number of hydrogen-bond donors (Lipinski definition) is 3. The summed E-state index contributed by atoms with van der Waals surface area (Å²) in [7, 11) is 3.64. The lowest BCUT2D eigenvalue weighted by Crippen LogP contribution is -2.55. The van der Waals surface area contributed by atoms with Crippen LogP contribution in [-0.4, -0.2) is 73.5 Å². The van der Waals surface area contributed by atoms with Gasteiger partial charge in [0.05, 0.1) is 30.6 Å². The number of carbonyl (C=O) groups excluding carboxylic acids is 1. The average molecular weight is 500 g/mol. The van der Waals surface area contributed by atoms with Gasteiger partial charge >= 0.3 is 0 Å². The maximum absolute atomic E-state index is 13.6. The summed E-state index contributed by atoms with van der Waals surface area (Å²) in [6, 6.07) is 4.52. The third-order valence-corrected chi connectivity index (χ3v) is 6.49. The Bertz CT molecular complexity index is 1360. The number of aryl methyl sites for hydroxylation is 1. The number of carbonyl (C=O) groups is 1. The minimum Gasteiger partial charge on any atom is -0.391 e. The van der Waals surface area contributed by atoms with Gasteiger partial charge in [0.1, 0.15) is 17.2 Å². The van der Waals surface area contributed by atoms with Crippen LogP contribution in [0.15, 0.2) is 36.8 Å². The molecule has 0 spiro atoms. The van der Waals surface area contributed by atoms with E-state index in [4.69, 9.17) is 9.84 Å². The highest BCUT2D eigenvalue weighted by molar-refractivity contribution is 6.00. The Balaban J connectivity index is 0.000000391. The second-order valence-corrected chi connectivity index (χ2v) is 8.94. The fourth-order valence-electron chi connectivity index (χ4n) is 4.26. The zero-order valence-electron chi connectivity index (χ0n) is 19.9. The van der Waals surface area contributed by atoms with Gasteiger partial charge in [-0.05, 0) is 25.0 Å². The monoisotopic (exact) mass is 499 g/mol. The third kappa shape index (κ3) is 4.37. The van der Waals surface area contributed by atoms with Gasteiger partial charge in [0.15, 0.2) is 5.65 Å². The van der Waals surface area contributed by atoms with Gasteiger partial charge in [-0.15, -0.1) is 0 Å². The minimum atomic E-state index is -2.87. The molecule has 3 N–H and O–H groups in total. The molecule has 1 saturated carbocycles. The number of nitrogens with zero attached hydrogens (tertiary/aromatic N) is 5. The summed E-state index contributed by atoms with van der Waals surface area (Å²) in [5, 5.41) is 18.3. The van der Waals surface area contributed by atoms with Gasteiger partial charge in [-0.25, -0.2) is 18.7 Å². The molecule has 2 aromatic rings. The van der Waals surface area contributed by atoms with Crippen LogP contribution in [0.25, 0.3) is 28.3 Å². The molecule has 0 bridgehead atoms. The fraction of sp³-hybridized carbons (Fsp3) is 0.417. The smallest absolute Gasteiger partial charge is 0.267 e. The van der Waals surface area contributed by atoms with Crippen LogP contribution >= 0.6 is 0 Å². The molecule has 4 aliphatic rings. The van der Waals surface area contributed by atoms with Crippen molar-refractivity contribution in [3.63, 3.8) is 0 Å². The second kappa shape index (κ2) is 9.43.